The molecule has 0 aliphatic carbocycles. The predicted molar refractivity (Wildman–Crippen MR) is 54.4 cm³/mol. The van der Waals surface area contributed by atoms with E-state index in [2.05, 4.69) is 9.72 Å². The van der Waals surface area contributed by atoms with Gasteiger partial charge >= 0.3 is 5.97 Å². The molecule has 0 bridgehead atoms. The summed E-state index contributed by atoms with van der Waals surface area (Å²) in [7, 11) is 1.38. The maximum Gasteiger partial charge on any atom is 0.356 e. The van der Waals surface area contributed by atoms with E-state index in [1.807, 2.05) is 4.57 Å². The molecule has 1 unspecified atom stereocenters. The molecule has 1 aromatic heterocycles. The number of nitrogens with two attached hydrogens (primary N) is 1. The average molecular weight is 209 g/mol. The van der Waals surface area contributed by atoms with E-state index in [0.29, 0.717) is 18.2 Å². The second-order valence-corrected chi connectivity index (χ2v) is 3.80. The van der Waals surface area contributed by atoms with E-state index >= 15 is 0 Å². The van der Waals surface area contributed by atoms with E-state index in [1.165, 1.54) is 7.11 Å². The maximum absolute atomic E-state index is 11.4. The van der Waals surface area contributed by atoms with Crippen molar-refractivity contribution in [3.05, 3.63) is 17.7 Å². The Morgan fingerprint density at radius 1 is 1.80 bits per heavy atom. The molecule has 0 saturated heterocycles. The van der Waals surface area contributed by atoms with Crippen LogP contribution in [-0.2, 0) is 17.7 Å². The third-order valence-electron chi connectivity index (χ3n) is 2.90. The van der Waals surface area contributed by atoms with Gasteiger partial charge in [0.15, 0.2) is 0 Å². The zero-order valence-corrected chi connectivity index (χ0v) is 8.77. The van der Waals surface area contributed by atoms with Gasteiger partial charge in [-0.05, 0) is 18.9 Å². The SMILES string of the molecule is COC(=O)c1cnc2n1CCC(CN)C2. The van der Waals surface area contributed by atoms with Crippen molar-refractivity contribution in [3.8, 4) is 0 Å². The lowest BCUT2D eigenvalue weighted by atomic mass is 9.98. The number of fused-ring (bicyclic) bond motifs is 1. The molecule has 1 aliphatic rings. The van der Waals surface area contributed by atoms with Gasteiger partial charge in [-0.1, -0.05) is 0 Å². The van der Waals surface area contributed by atoms with Gasteiger partial charge in [0.1, 0.15) is 11.5 Å². The first kappa shape index (κ1) is 10.2. The van der Waals surface area contributed by atoms with Gasteiger partial charge in [-0.15, -0.1) is 0 Å². The Morgan fingerprint density at radius 3 is 3.27 bits per heavy atom. The molecule has 0 aromatic carbocycles. The van der Waals surface area contributed by atoms with Crippen molar-refractivity contribution in [2.75, 3.05) is 13.7 Å². The van der Waals surface area contributed by atoms with Gasteiger partial charge < -0.3 is 15.0 Å². The van der Waals surface area contributed by atoms with Gasteiger partial charge in [0, 0.05) is 13.0 Å². The largest absolute Gasteiger partial charge is 0.464 e. The minimum atomic E-state index is -0.319. The van der Waals surface area contributed by atoms with Gasteiger partial charge in [-0.2, -0.15) is 0 Å². The number of aromatic nitrogens is 2. The van der Waals surface area contributed by atoms with Crippen LogP contribution in [0.3, 0.4) is 0 Å². The summed E-state index contributed by atoms with van der Waals surface area (Å²) in [6.45, 7) is 1.49. The van der Waals surface area contributed by atoms with Gasteiger partial charge in [0.05, 0.1) is 13.3 Å². The highest BCUT2D eigenvalue weighted by molar-refractivity contribution is 5.87. The molecule has 5 nitrogen and oxygen atoms in total. The molecule has 0 radical (unpaired) electrons. The minimum absolute atomic E-state index is 0.319. The van der Waals surface area contributed by atoms with Crippen LogP contribution in [0.4, 0.5) is 0 Å². The second-order valence-electron chi connectivity index (χ2n) is 3.80. The standard InChI is InChI=1S/C10H15N3O2/c1-15-10(14)8-6-12-9-4-7(5-11)2-3-13(8)9/h6-7H,2-5,11H2,1H3. The molecule has 82 valence electrons. The molecule has 5 heteroatoms. The molecule has 0 saturated carbocycles. The van der Waals surface area contributed by atoms with Crippen LogP contribution in [0.1, 0.15) is 22.7 Å². The summed E-state index contributed by atoms with van der Waals surface area (Å²) in [6.07, 6.45) is 3.44. The topological polar surface area (TPSA) is 70.1 Å². The molecule has 2 N–H and O–H groups in total. The minimum Gasteiger partial charge on any atom is -0.464 e. The highest BCUT2D eigenvalue weighted by atomic mass is 16.5. The van der Waals surface area contributed by atoms with Gasteiger partial charge in [-0.25, -0.2) is 9.78 Å². The van der Waals surface area contributed by atoms with E-state index in [9.17, 15) is 4.79 Å². The summed E-state index contributed by atoms with van der Waals surface area (Å²) >= 11 is 0. The number of methoxy groups -OCH3 is 1. The third-order valence-corrected chi connectivity index (χ3v) is 2.90. The van der Waals surface area contributed by atoms with Gasteiger partial charge in [0.2, 0.25) is 0 Å². The molecule has 1 aromatic rings. The number of carbonyl (C=O) groups is 1. The second kappa shape index (κ2) is 4.02. The molecule has 0 fully saturated rings. The van der Waals surface area contributed by atoms with Crippen molar-refractivity contribution in [1.29, 1.82) is 0 Å². The van der Waals surface area contributed by atoms with Crippen molar-refractivity contribution in [2.24, 2.45) is 11.7 Å². The van der Waals surface area contributed by atoms with Crippen LogP contribution in [0, 0.1) is 5.92 Å². The summed E-state index contributed by atoms with van der Waals surface area (Å²) in [5, 5.41) is 0. The van der Waals surface area contributed by atoms with Gasteiger partial charge in [0.25, 0.3) is 0 Å². The quantitative estimate of drug-likeness (QED) is 0.706. The summed E-state index contributed by atoms with van der Waals surface area (Å²) in [4.78, 5) is 15.6. The fourth-order valence-corrected chi connectivity index (χ4v) is 1.97. The van der Waals surface area contributed by atoms with Crippen LogP contribution in [0.25, 0.3) is 0 Å². The third kappa shape index (κ3) is 1.74. The Balaban J connectivity index is 2.26. The first-order valence-electron chi connectivity index (χ1n) is 5.09. The number of carbonyl (C=O) groups excluding carboxylic acids is 1. The number of nitrogens with zero attached hydrogens (tertiary/aromatic N) is 2. The fourth-order valence-electron chi connectivity index (χ4n) is 1.97. The summed E-state index contributed by atoms with van der Waals surface area (Å²) in [5.41, 5.74) is 6.17. The first-order chi connectivity index (χ1) is 7.26. The van der Waals surface area contributed by atoms with Crippen LogP contribution in [-0.4, -0.2) is 29.2 Å². The number of esters is 1. The average Bonchev–Trinajstić information content (AvgIpc) is 2.70. The zero-order valence-electron chi connectivity index (χ0n) is 8.77. The lowest BCUT2D eigenvalue weighted by Gasteiger charge is -2.22. The summed E-state index contributed by atoms with van der Waals surface area (Å²) in [5.74, 6) is 1.11. The van der Waals surface area contributed by atoms with E-state index < -0.39 is 0 Å². The lowest BCUT2D eigenvalue weighted by molar-refractivity contribution is 0.0586. The predicted octanol–water partition coefficient (Wildman–Crippen LogP) is 0.191. The van der Waals surface area contributed by atoms with Crippen molar-refractivity contribution in [3.63, 3.8) is 0 Å². The highest BCUT2D eigenvalue weighted by Crippen LogP contribution is 2.20. The summed E-state index contributed by atoms with van der Waals surface area (Å²) < 4.78 is 6.62. The summed E-state index contributed by atoms with van der Waals surface area (Å²) in [6, 6.07) is 0. The molecular formula is C10H15N3O2. The molecule has 0 amide bonds. The zero-order chi connectivity index (χ0) is 10.8. The van der Waals surface area contributed by atoms with E-state index in [0.717, 1.165) is 25.2 Å². The van der Waals surface area contributed by atoms with Crippen LogP contribution >= 0.6 is 0 Å². The number of ether oxygens (including phenoxy) is 1. The number of imidazole rings is 1. The molecule has 15 heavy (non-hydrogen) atoms. The Morgan fingerprint density at radius 2 is 2.60 bits per heavy atom. The van der Waals surface area contributed by atoms with E-state index in [1.54, 1.807) is 6.20 Å². The highest BCUT2D eigenvalue weighted by Gasteiger charge is 2.23. The Labute approximate surface area is 88.2 Å². The lowest BCUT2D eigenvalue weighted by Crippen LogP contribution is -2.27. The normalized spacial score (nSPS) is 19.7. The number of hydrogen-bond donors (Lipinski definition) is 1. The monoisotopic (exact) mass is 209 g/mol. The Kier molecular flexibility index (Phi) is 2.73. The van der Waals surface area contributed by atoms with Crippen molar-refractivity contribution < 1.29 is 9.53 Å². The first-order valence-corrected chi connectivity index (χ1v) is 5.09. The van der Waals surface area contributed by atoms with Crippen LogP contribution in [0.15, 0.2) is 6.20 Å². The van der Waals surface area contributed by atoms with E-state index in [-0.39, 0.29) is 5.97 Å². The smallest absolute Gasteiger partial charge is 0.356 e. The Hall–Kier alpha value is -1.36. The molecule has 1 aliphatic heterocycles. The number of hydrogen-bond acceptors (Lipinski definition) is 4. The fraction of sp³-hybridized carbons (Fsp3) is 0.600. The maximum atomic E-state index is 11.4. The number of rotatable bonds is 2. The Bertz CT molecular complexity index is 373. The molecule has 2 rings (SSSR count). The van der Waals surface area contributed by atoms with Crippen LogP contribution < -0.4 is 5.73 Å². The van der Waals surface area contributed by atoms with Crippen molar-refractivity contribution in [1.82, 2.24) is 9.55 Å². The van der Waals surface area contributed by atoms with Crippen LogP contribution in [0.2, 0.25) is 0 Å². The van der Waals surface area contributed by atoms with Crippen molar-refractivity contribution >= 4 is 5.97 Å². The van der Waals surface area contributed by atoms with Gasteiger partial charge in [-0.3, -0.25) is 0 Å². The molecule has 1 atom stereocenters. The molecule has 2 heterocycles. The molecular weight excluding hydrogens is 194 g/mol. The van der Waals surface area contributed by atoms with E-state index in [4.69, 9.17) is 5.73 Å². The van der Waals surface area contributed by atoms with Crippen molar-refractivity contribution in [2.45, 2.75) is 19.4 Å². The molecule has 0 spiro atoms. The van der Waals surface area contributed by atoms with Crippen LogP contribution in [0.5, 0.6) is 0 Å².